The molecule has 6 nitrogen and oxygen atoms in total. The highest BCUT2D eigenvalue weighted by Crippen LogP contribution is 2.64. The molecule has 0 N–H and O–H groups in total. The van der Waals surface area contributed by atoms with E-state index >= 15 is 0 Å². The van der Waals surface area contributed by atoms with Crippen LogP contribution >= 0.6 is 15.9 Å². The van der Waals surface area contributed by atoms with Gasteiger partial charge in [0.15, 0.2) is 0 Å². The number of carbonyl (C=O) groups excluding carboxylic acids is 1. The average molecular weight is 422 g/mol. The predicted octanol–water partition coefficient (Wildman–Crippen LogP) is 2.50. The standard InChI is InChI=1S/C19H28BrN5O/c1-2-23-3-5-24(6-4-23)16(26)18-8-14-7-15(9-18)11-19(10-14,12-18)25-13-21-17(20)22-25/h13-15H,2-12H2,1H3. The average Bonchev–Trinajstić information content (AvgIpc) is 3.07. The Kier molecular flexibility index (Phi) is 3.98. The fraction of sp³-hybridized carbons (Fsp3) is 0.842. The molecule has 142 valence electrons. The second kappa shape index (κ2) is 6.03. The molecule has 5 fully saturated rings. The SMILES string of the molecule is CCN1CCN(C(=O)C23CC4CC(C2)CC(n2cnc(Br)n2)(C4)C3)CC1. The Morgan fingerprint density at radius 3 is 2.46 bits per heavy atom. The molecule has 26 heavy (non-hydrogen) atoms. The van der Waals surface area contributed by atoms with Gasteiger partial charge >= 0.3 is 0 Å². The second-order valence-electron chi connectivity index (χ2n) is 9.15. The minimum atomic E-state index is -0.156. The number of halogens is 1. The minimum Gasteiger partial charge on any atom is -0.340 e. The molecule has 2 heterocycles. The molecule has 1 amide bonds. The lowest BCUT2D eigenvalue weighted by atomic mass is 9.46. The summed E-state index contributed by atoms with van der Waals surface area (Å²) in [5.74, 6) is 1.77. The van der Waals surface area contributed by atoms with Crippen molar-refractivity contribution in [2.24, 2.45) is 17.3 Å². The van der Waals surface area contributed by atoms with E-state index in [-0.39, 0.29) is 11.0 Å². The lowest BCUT2D eigenvalue weighted by Crippen LogP contribution is -2.63. The maximum absolute atomic E-state index is 13.7. The van der Waals surface area contributed by atoms with Crippen molar-refractivity contribution in [2.45, 2.75) is 51.0 Å². The van der Waals surface area contributed by atoms with Gasteiger partial charge in [0.2, 0.25) is 10.6 Å². The molecule has 4 saturated carbocycles. The molecule has 4 aliphatic carbocycles. The van der Waals surface area contributed by atoms with Gasteiger partial charge in [-0.25, -0.2) is 9.67 Å². The summed E-state index contributed by atoms with van der Waals surface area (Å²) in [5, 5.41) is 4.62. The van der Waals surface area contributed by atoms with Crippen LogP contribution in [-0.4, -0.2) is 63.2 Å². The van der Waals surface area contributed by atoms with Gasteiger partial charge in [0.1, 0.15) is 6.33 Å². The number of likely N-dealkylation sites (N-methyl/N-ethyl adjacent to an activating group) is 1. The van der Waals surface area contributed by atoms with Gasteiger partial charge in [-0.2, -0.15) is 0 Å². The zero-order chi connectivity index (χ0) is 17.9. The zero-order valence-electron chi connectivity index (χ0n) is 15.5. The fourth-order valence-corrected chi connectivity index (χ4v) is 7.07. The van der Waals surface area contributed by atoms with Gasteiger partial charge in [-0.3, -0.25) is 4.79 Å². The van der Waals surface area contributed by atoms with E-state index in [2.05, 4.69) is 47.4 Å². The van der Waals surface area contributed by atoms with E-state index in [9.17, 15) is 4.79 Å². The Bertz CT molecular complexity index is 697. The third-order valence-electron chi connectivity index (χ3n) is 7.54. The molecular weight excluding hydrogens is 394 g/mol. The van der Waals surface area contributed by atoms with Crippen LogP contribution in [0.5, 0.6) is 0 Å². The van der Waals surface area contributed by atoms with Crippen molar-refractivity contribution in [3.05, 3.63) is 11.1 Å². The predicted molar refractivity (Wildman–Crippen MR) is 102 cm³/mol. The first kappa shape index (κ1) is 17.2. The van der Waals surface area contributed by atoms with Crippen LogP contribution in [0, 0.1) is 17.3 Å². The summed E-state index contributed by atoms with van der Waals surface area (Å²) in [5.41, 5.74) is -0.152. The van der Waals surface area contributed by atoms with Crippen molar-refractivity contribution < 1.29 is 4.79 Å². The molecule has 4 bridgehead atoms. The topological polar surface area (TPSA) is 54.3 Å². The number of carbonyl (C=O) groups is 1. The van der Waals surface area contributed by atoms with E-state index in [1.807, 2.05) is 6.33 Å². The van der Waals surface area contributed by atoms with Crippen LogP contribution < -0.4 is 0 Å². The highest BCUT2D eigenvalue weighted by Gasteiger charge is 2.62. The van der Waals surface area contributed by atoms with Gasteiger partial charge in [0.05, 0.1) is 11.0 Å². The Labute approximate surface area is 163 Å². The van der Waals surface area contributed by atoms with Gasteiger partial charge in [0.25, 0.3) is 0 Å². The molecule has 7 heteroatoms. The van der Waals surface area contributed by atoms with Gasteiger partial charge in [-0.1, -0.05) is 6.92 Å². The fourth-order valence-electron chi connectivity index (χ4n) is 6.81. The summed E-state index contributed by atoms with van der Waals surface area (Å²) in [6.07, 6.45) is 8.64. The summed E-state index contributed by atoms with van der Waals surface area (Å²) >= 11 is 3.41. The molecular formula is C19H28BrN5O. The Hall–Kier alpha value is -0.950. The van der Waals surface area contributed by atoms with E-state index in [1.54, 1.807) is 0 Å². The molecule has 0 aromatic carbocycles. The second-order valence-corrected chi connectivity index (χ2v) is 9.86. The smallest absolute Gasteiger partial charge is 0.228 e. The normalized spacial score (nSPS) is 39.5. The van der Waals surface area contributed by atoms with Crippen LogP contribution in [0.25, 0.3) is 0 Å². The molecule has 1 aromatic rings. The van der Waals surface area contributed by atoms with Crippen molar-refractivity contribution in [2.75, 3.05) is 32.7 Å². The van der Waals surface area contributed by atoms with Gasteiger partial charge in [-0.05, 0) is 72.8 Å². The highest BCUT2D eigenvalue weighted by molar-refractivity contribution is 9.10. The molecule has 1 saturated heterocycles. The van der Waals surface area contributed by atoms with Crippen LogP contribution in [0.2, 0.25) is 0 Å². The molecule has 1 aromatic heterocycles. The lowest BCUT2D eigenvalue weighted by Gasteiger charge is -2.61. The number of rotatable bonds is 3. The van der Waals surface area contributed by atoms with E-state index in [4.69, 9.17) is 0 Å². The van der Waals surface area contributed by atoms with Crippen LogP contribution in [0.3, 0.4) is 0 Å². The Morgan fingerprint density at radius 1 is 1.19 bits per heavy atom. The monoisotopic (exact) mass is 421 g/mol. The van der Waals surface area contributed by atoms with Crippen LogP contribution in [0.15, 0.2) is 11.1 Å². The lowest BCUT2D eigenvalue weighted by molar-refractivity contribution is -0.168. The number of amides is 1. The summed E-state index contributed by atoms with van der Waals surface area (Å²) < 4.78 is 2.75. The van der Waals surface area contributed by atoms with Gasteiger partial charge in [0, 0.05) is 26.2 Å². The number of hydrogen-bond donors (Lipinski definition) is 0. The maximum Gasteiger partial charge on any atom is 0.228 e. The van der Waals surface area contributed by atoms with Crippen molar-refractivity contribution in [1.82, 2.24) is 24.6 Å². The third-order valence-corrected chi connectivity index (χ3v) is 7.90. The number of aromatic nitrogens is 3. The van der Waals surface area contributed by atoms with Crippen molar-refractivity contribution >= 4 is 21.8 Å². The van der Waals surface area contributed by atoms with E-state index in [1.165, 1.54) is 6.42 Å². The van der Waals surface area contributed by atoms with E-state index in [0.29, 0.717) is 22.5 Å². The summed E-state index contributed by atoms with van der Waals surface area (Å²) in [4.78, 5) is 22.6. The molecule has 0 spiro atoms. The first-order chi connectivity index (χ1) is 12.5. The number of nitrogens with zero attached hydrogens (tertiary/aromatic N) is 5. The molecule has 1 aliphatic heterocycles. The molecule has 0 radical (unpaired) electrons. The maximum atomic E-state index is 13.7. The minimum absolute atomic E-state index is 0.00397. The quantitative estimate of drug-likeness (QED) is 0.751. The molecule has 5 aliphatic rings. The number of piperazine rings is 1. The van der Waals surface area contributed by atoms with Gasteiger partial charge in [-0.15, -0.1) is 5.10 Å². The van der Waals surface area contributed by atoms with Crippen LogP contribution in [0.4, 0.5) is 0 Å². The highest BCUT2D eigenvalue weighted by atomic mass is 79.9. The Morgan fingerprint density at radius 2 is 1.88 bits per heavy atom. The summed E-state index contributed by atoms with van der Waals surface area (Å²) in [7, 11) is 0. The summed E-state index contributed by atoms with van der Waals surface area (Å²) in [6.45, 7) is 7.12. The van der Waals surface area contributed by atoms with Crippen molar-refractivity contribution in [3.8, 4) is 0 Å². The first-order valence-electron chi connectivity index (χ1n) is 10.1. The molecule has 2 atom stereocenters. The van der Waals surface area contributed by atoms with Crippen molar-refractivity contribution in [1.29, 1.82) is 0 Å². The Balaban J connectivity index is 1.43. The van der Waals surface area contributed by atoms with Crippen molar-refractivity contribution in [3.63, 3.8) is 0 Å². The first-order valence-corrected chi connectivity index (χ1v) is 10.9. The molecule has 2 unspecified atom stereocenters. The van der Waals surface area contributed by atoms with E-state index in [0.717, 1.165) is 64.8 Å². The third kappa shape index (κ3) is 2.57. The largest absolute Gasteiger partial charge is 0.340 e. The van der Waals surface area contributed by atoms with Crippen LogP contribution in [-0.2, 0) is 10.3 Å². The summed E-state index contributed by atoms with van der Waals surface area (Å²) in [6, 6.07) is 0. The molecule has 6 rings (SSSR count). The van der Waals surface area contributed by atoms with E-state index < -0.39 is 0 Å². The van der Waals surface area contributed by atoms with Gasteiger partial charge < -0.3 is 9.80 Å². The zero-order valence-corrected chi connectivity index (χ0v) is 17.1. The number of hydrogen-bond acceptors (Lipinski definition) is 4. The van der Waals surface area contributed by atoms with Crippen LogP contribution in [0.1, 0.15) is 45.4 Å².